The lowest BCUT2D eigenvalue weighted by Gasteiger charge is -2.21. The minimum absolute atomic E-state index is 0. The van der Waals surface area contributed by atoms with Crippen molar-refractivity contribution in [3.63, 3.8) is 0 Å². The van der Waals surface area contributed by atoms with Gasteiger partial charge in [-0.1, -0.05) is 62.9 Å². The molecular weight excluding hydrogens is 372 g/mol. The van der Waals surface area contributed by atoms with Crippen LogP contribution in [0.4, 0.5) is 0 Å². The SMILES string of the molecule is CCCCCCCC(=O)NC(CCSC)C(=O)NC(C=O)Cc1ccccc1.[HH].[HH]. The first-order valence-electron chi connectivity index (χ1n) is 10.2. The van der Waals surface area contributed by atoms with Crippen LogP contribution in [-0.4, -0.2) is 42.2 Å². The van der Waals surface area contributed by atoms with Crippen molar-refractivity contribution in [2.24, 2.45) is 0 Å². The summed E-state index contributed by atoms with van der Waals surface area (Å²) in [6.07, 6.45) is 9.52. The van der Waals surface area contributed by atoms with Crippen LogP contribution < -0.4 is 10.6 Å². The summed E-state index contributed by atoms with van der Waals surface area (Å²) < 4.78 is 0. The lowest BCUT2D eigenvalue weighted by atomic mass is 10.1. The molecule has 0 aliphatic heterocycles. The van der Waals surface area contributed by atoms with E-state index in [-0.39, 0.29) is 14.7 Å². The van der Waals surface area contributed by atoms with Crippen LogP contribution in [0.2, 0.25) is 0 Å². The van der Waals surface area contributed by atoms with Crippen LogP contribution in [0.3, 0.4) is 0 Å². The predicted octanol–water partition coefficient (Wildman–Crippen LogP) is 4.00. The molecule has 0 saturated carbocycles. The van der Waals surface area contributed by atoms with Crippen molar-refractivity contribution < 1.29 is 17.2 Å². The fourth-order valence-electron chi connectivity index (χ4n) is 2.94. The molecule has 160 valence electrons. The topological polar surface area (TPSA) is 75.3 Å². The molecule has 0 heterocycles. The first-order chi connectivity index (χ1) is 13.6. The first-order valence-corrected chi connectivity index (χ1v) is 11.6. The van der Waals surface area contributed by atoms with Crippen molar-refractivity contribution in [3.05, 3.63) is 35.9 Å². The molecule has 2 N–H and O–H groups in total. The van der Waals surface area contributed by atoms with Crippen LogP contribution in [0.1, 0.15) is 60.3 Å². The fraction of sp³-hybridized carbons (Fsp3) is 0.591. The maximum absolute atomic E-state index is 12.7. The molecule has 0 bridgehead atoms. The highest BCUT2D eigenvalue weighted by molar-refractivity contribution is 7.98. The second-order valence-corrected chi connectivity index (χ2v) is 7.99. The van der Waals surface area contributed by atoms with Crippen molar-refractivity contribution >= 4 is 29.9 Å². The zero-order valence-corrected chi connectivity index (χ0v) is 17.9. The number of thioether (sulfide) groups is 1. The van der Waals surface area contributed by atoms with Gasteiger partial charge >= 0.3 is 0 Å². The Kier molecular flexibility index (Phi) is 13.1. The number of amides is 2. The van der Waals surface area contributed by atoms with E-state index >= 15 is 0 Å². The molecule has 0 aromatic heterocycles. The fourth-order valence-corrected chi connectivity index (χ4v) is 3.42. The summed E-state index contributed by atoms with van der Waals surface area (Å²) in [6, 6.07) is 8.37. The highest BCUT2D eigenvalue weighted by Gasteiger charge is 2.23. The van der Waals surface area contributed by atoms with E-state index in [9.17, 15) is 14.4 Å². The summed E-state index contributed by atoms with van der Waals surface area (Å²) in [4.78, 5) is 36.3. The van der Waals surface area contributed by atoms with Gasteiger partial charge in [0.1, 0.15) is 12.3 Å². The smallest absolute Gasteiger partial charge is 0.243 e. The van der Waals surface area contributed by atoms with Gasteiger partial charge in [0.15, 0.2) is 0 Å². The summed E-state index contributed by atoms with van der Waals surface area (Å²) >= 11 is 1.63. The quantitative estimate of drug-likeness (QED) is 0.338. The zero-order valence-electron chi connectivity index (χ0n) is 17.1. The van der Waals surface area contributed by atoms with E-state index in [1.807, 2.05) is 36.6 Å². The van der Waals surface area contributed by atoms with E-state index in [1.165, 1.54) is 12.8 Å². The second-order valence-electron chi connectivity index (χ2n) is 7.01. The third kappa shape index (κ3) is 10.5. The highest BCUT2D eigenvalue weighted by Crippen LogP contribution is 2.07. The standard InChI is InChI=1S/C22H34N2O3S.2H2/c1-3-4-5-6-10-13-21(26)24-20(14-15-28-2)22(27)23-19(17-25)16-18-11-8-7-9-12-18;;/h7-9,11-12,17,19-20H,3-6,10,13-16H2,1-2H3,(H,23,27)(H,24,26);2*1H. The van der Waals surface area contributed by atoms with Crippen LogP contribution in [0.15, 0.2) is 30.3 Å². The van der Waals surface area contributed by atoms with Crippen molar-refractivity contribution in [2.75, 3.05) is 12.0 Å². The lowest BCUT2D eigenvalue weighted by Crippen LogP contribution is -2.50. The number of aldehydes is 1. The largest absolute Gasteiger partial charge is 0.344 e. The van der Waals surface area contributed by atoms with Gasteiger partial charge in [-0.05, 0) is 36.8 Å². The molecule has 1 rings (SSSR count). The van der Waals surface area contributed by atoms with Gasteiger partial charge in [0.25, 0.3) is 0 Å². The van der Waals surface area contributed by atoms with E-state index in [0.29, 0.717) is 19.3 Å². The van der Waals surface area contributed by atoms with E-state index < -0.39 is 12.1 Å². The molecule has 0 saturated heterocycles. The highest BCUT2D eigenvalue weighted by atomic mass is 32.2. The Hall–Kier alpha value is -1.82. The number of benzene rings is 1. The van der Waals surface area contributed by atoms with Gasteiger partial charge in [0.05, 0.1) is 6.04 Å². The number of rotatable bonds is 15. The van der Waals surface area contributed by atoms with Gasteiger partial charge < -0.3 is 15.4 Å². The second kappa shape index (κ2) is 15.1. The molecule has 0 aliphatic carbocycles. The number of carbonyl (C=O) groups excluding carboxylic acids is 3. The number of nitrogens with one attached hydrogen (secondary N) is 2. The maximum Gasteiger partial charge on any atom is 0.243 e. The number of hydrogen-bond donors (Lipinski definition) is 2. The Balaban J connectivity index is 0. The summed E-state index contributed by atoms with van der Waals surface area (Å²) in [7, 11) is 0. The minimum atomic E-state index is -0.603. The molecule has 0 spiro atoms. The molecule has 0 aliphatic rings. The van der Waals surface area contributed by atoms with Gasteiger partial charge in [-0.3, -0.25) is 9.59 Å². The lowest BCUT2D eigenvalue weighted by molar-refractivity contribution is -0.130. The summed E-state index contributed by atoms with van der Waals surface area (Å²) in [5, 5.41) is 5.64. The van der Waals surface area contributed by atoms with Crippen LogP contribution in [0.25, 0.3) is 0 Å². The van der Waals surface area contributed by atoms with Gasteiger partial charge in [-0.2, -0.15) is 11.8 Å². The van der Waals surface area contributed by atoms with Crippen LogP contribution in [0, 0.1) is 0 Å². The molecule has 2 amide bonds. The number of carbonyl (C=O) groups is 3. The first kappa shape index (κ1) is 24.2. The van der Waals surface area contributed by atoms with Crippen molar-refractivity contribution in [1.29, 1.82) is 0 Å². The Bertz CT molecular complexity index is 591. The molecule has 0 radical (unpaired) electrons. The summed E-state index contributed by atoms with van der Waals surface area (Å²) in [5.41, 5.74) is 0.983. The summed E-state index contributed by atoms with van der Waals surface area (Å²) in [6.45, 7) is 2.16. The third-order valence-electron chi connectivity index (χ3n) is 4.56. The molecule has 5 nitrogen and oxygen atoms in total. The third-order valence-corrected chi connectivity index (χ3v) is 5.20. The van der Waals surface area contributed by atoms with Gasteiger partial charge in [0.2, 0.25) is 11.8 Å². The summed E-state index contributed by atoms with van der Waals surface area (Å²) in [5.74, 6) is 0.379. The van der Waals surface area contributed by atoms with Gasteiger partial charge in [-0.25, -0.2) is 0 Å². The Morgan fingerprint density at radius 3 is 2.46 bits per heavy atom. The Morgan fingerprint density at radius 2 is 1.82 bits per heavy atom. The average Bonchev–Trinajstić information content (AvgIpc) is 2.71. The van der Waals surface area contributed by atoms with E-state index in [2.05, 4.69) is 17.6 Å². The minimum Gasteiger partial charge on any atom is -0.344 e. The Labute approximate surface area is 176 Å². The van der Waals surface area contributed by atoms with Crippen LogP contribution >= 0.6 is 11.8 Å². The zero-order chi connectivity index (χ0) is 20.6. The van der Waals surface area contributed by atoms with Crippen molar-refractivity contribution in [3.8, 4) is 0 Å². The molecule has 2 unspecified atom stereocenters. The molecule has 28 heavy (non-hydrogen) atoms. The monoisotopic (exact) mass is 410 g/mol. The number of hydrogen-bond acceptors (Lipinski definition) is 4. The molecule has 1 aromatic rings. The van der Waals surface area contributed by atoms with E-state index in [1.54, 1.807) is 11.8 Å². The van der Waals surface area contributed by atoms with Crippen molar-refractivity contribution in [1.82, 2.24) is 10.6 Å². The van der Waals surface area contributed by atoms with E-state index in [0.717, 1.165) is 36.9 Å². The maximum atomic E-state index is 12.7. The van der Waals surface area contributed by atoms with Crippen LogP contribution in [-0.2, 0) is 20.8 Å². The normalized spacial score (nSPS) is 12.8. The van der Waals surface area contributed by atoms with Crippen molar-refractivity contribution in [2.45, 2.75) is 70.4 Å². The number of unbranched alkanes of at least 4 members (excludes halogenated alkanes) is 4. The Morgan fingerprint density at radius 1 is 1.11 bits per heavy atom. The molecule has 0 fully saturated rings. The van der Waals surface area contributed by atoms with Gasteiger partial charge in [0, 0.05) is 9.27 Å². The van der Waals surface area contributed by atoms with E-state index in [4.69, 9.17) is 0 Å². The predicted molar refractivity (Wildman–Crippen MR) is 121 cm³/mol. The molecule has 1 aromatic carbocycles. The molecule has 2 atom stereocenters. The van der Waals surface area contributed by atoms with Gasteiger partial charge in [-0.15, -0.1) is 0 Å². The average molecular weight is 411 g/mol. The molecule has 6 heteroatoms. The molecular formula is C22H38N2O3S. The van der Waals surface area contributed by atoms with Crippen LogP contribution in [0.5, 0.6) is 0 Å².